The van der Waals surface area contributed by atoms with Gasteiger partial charge in [0.1, 0.15) is 0 Å². The number of aliphatic hydroxyl groups is 3. The lowest BCUT2D eigenvalue weighted by molar-refractivity contribution is -0.132. The minimum Gasteiger partial charge on any atom is -0.478 e. The van der Waals surface area contributed by atoms with Crippen LogP contribution in [0.5, 0.6) is 0 Å². The van der Waals surface area contributed by atoms with Gasteiger partial charge in [0.2, 0.25) is 0 Å². The molecule has 0 aliphatic carbocycles. The average molecular weight is 234 g/mol. The Hall–Kier alpha value is -0.910. The van der Waals surface area contributed by atoms with E-state index < -0.39 is 11.4 Å². The standard InChI is InChI=1S/C7H16O3.C4H6O2/c1-2-3-7(4-8,5-9)6-10;1-3(2)4(5)6/h8-10H,2-6H2,1H3;1H2,2H3,(H,5,6). The molecule has 16 heavy (non-hydrogen) atoms. The van der Waals surface area contributed by atoms with E-state index in [2.05, 4.69) is 6.58 Å². The van der Waals surface area contributed by atoms with Crippen LogP contribution in [0.15, 0.2) is 12.2 Å². The van der Waals surface area contributed by atoms with E-state index in [1.807, 2.05) is 6.92 Å². The van der Waals surface area contributed by atoms with Crippen LogP contribution in [0.1, 0.15) is 26.7 Å². The zero-order chi connectivity index (χ0) is 13.2. The van der Waals surface area contributed by atoms with E-state index in [1.165, 1.54) is 6.92 Å². The van der Waals surface area contributed by atoms with E-state index in [-0.39, 0.29) is 25.4 Å². The Morgan fingerprint density at radius 1 is 1.19 bits per heavy atom. The first-order valence-corrected chi connectivity index (χ1v) is 5.10. The predicted molar refractivity (Wildman–Crippen MR) is 61.0 cm³/mol. The van der Waals surface area contributed by atoms with Crippen LogP contribution < -0.4 is 0 Å². The van der Waals surface area contributed by atoms with Gasteiger partial charge in [0.05, 0.1) is 19.8 Å². The van der Waals surface area contributed by atoms with Crippen LogP contribution in [0.25, 0.3) is 0 Å². The summed E-state index contributed by atoms with van der Waals surface area (Å²) in [4.78, 5) is 9.60. The van der Waals surface area contributed by atoms with Gasteiger partial charge in [0.25, 0.3) is 0 Å². The number of rotatable bonds is 6. The third-order valence-electron chi connectivity index (χ3n) is 2.15. The zero-order valence-corrected chi connectivity index (χ0v) is 9.94. The van der Waals surface area contributed by atoms with Crippen LogP contribution in [0.2, 0.25) is 0 Å². The van der Waals surface area contributed by atoms with E-state index in [1.54, 1.807) is 0 Å². The number of carboxylic acid groups (broad SMARTS) is 1. The van der Waals surface area contributed by atoms with Crippen LogP contribution in [-0.4, -0.2) is 46.2 Å². The molecule has 0 bridgehead atoms. The lowest BCUT2D eigenvalue weighted by atomic mass is 9.86. The molecule has 96 valence electrons. The lowest BCUT2D eigenvalue weighted by Gasteiger charge is -2.26. The molecule has 0 spiro atoms. The minimum atomic E-state index is -0.935. The number of carbonyl (C=O) groups is 1. The van der Waals surface area contributed by atoms with Crippen molar-refractivity contribution in [2.75, 3.05) is 19.8 Å². The fourth-order valence-electron chi connectivity index (χ4n) is 0.918. The van der Waals surface area contributed by atoms with Crippen molar-refractivity contribution in [1.82, 2.24) is 0 Å². The fraction of sp³-hybridized carbons (Fsp3) is 0.727. The van der Waals surface area contributed by atoms with Gasteiger partial charge < -0.3 is 20.4 Å². The Morgan fingerprint density at radius 2 is 1.50 bits per heavy atom. The molecule has 0 heterocycles. The van der Waals surface area contributed by atoms with Gasteiger partial charge in [0, 0.05) is 11.0 Å². The van der Waals surface area contributed by atoms with E-state index >= 15 is 0 Å². The van der Waals surface area contributed by atoms with Crippen molar-refractivity contribution < 1.29 is 25.2 Å². The summed E-state index contributed by atoms with van der Waals surface area (Å²) in [7, 11) is 0. The molecule has 0 saturated carbocycles. The minimum absolute atomic E-state index is 0.145. The molecule has 0 aromatic rings. The van der Waals surface area contributed by atoms with Crippen LogP contribution >= 0.6 is 0 Å². The van der Waals surface area contributed by atoms with Crippen molar-refractivity contribution in [3.8, 4) is 0 Å². The van der Waals surface area contributed by atoms with Gasteiger partial charge in [-0.05, 0) is 13.3 Å². The van der Waals surface area contributed by atoms with Gasteiger partial charge in [-0.1, -0.05) is 19.9 Å². The summed E-state index contributed by atoms with van der Waals surface area (Å²) < 4.78 is 0. The lowest BCUT2D eigenvalue weighted by Crippen LogP contribution is -2.33. The van der Waals surface area contributed by atoms with Crippen LogP contribution in [0, 0.1) is 5.41 Å². The molecular weight excluding hydrogens is 212 g/mol. The SMILES string of the molecule is C=C(C)C(=O)O.CCCC(CO)(CO)CO. The summed E-state index contributed by atoms with van der Waals surface area (Å²) in [5.74, 6) is -0.935. The topological polar surface area (TPSA) is 98.0 Å². The molecule has 5 heteroatoms. The molecule has 0 aliphatic heterocycles. The highest BCUT2D eigenvalue weighted by molar-refractivity contribution is 5.84. The summed E-state index contributed by atoms with van der Waals surface area (Å²) in [6.07, 6.45) is 1.53. The van der Waals surface area contributed by atoms with E-state index in [9.17, 15) is 4.79 Å². The van der Waals surface area contributed by atoms with Crippen molar-refractivity contribution in [2.24, 2.45) is 5.41 Å². The average Bonchev–Trinajstić information content (AvgIpc) is 2.27. The largest absolute Gasteiger partial charge is 0.478 e. The molecule has 0 unspecified atom stereocenters. The zero-order valence-electron chi connectivity index (χ0n) is 9.94. The molecule has 0 rings (SSSR count). The third kappa shape index (κ3) is 7.39. The summed E-state index contributed by atoms with van der Waals surface area (Å²) in [5, 5.41) is 34.3. The van der Waals surface area contributed by atoms with Crippen molar-refractivity contribution in [3.63, 3.8) is 0 Å². The smallest absolute Gasteiger partial charge is 0.330 e. The monoisotopic (exact) mass is 234 g/mol. The molecular formula is C11H22O5. The second-order valence-corrected chi connectivity index (χ2v) is 3.81. The second-order valence-electron chi connectivity index (χ2n) is 3.81. The Bertz CT molecular complexity index is 188. The van der Waals surface area contributed by atoms with Gasteiger partial charge >= 0.3 is 5.97 Å². The molecule has 4 N–H and O–H groups in total. The molecule has 5 nitrogen and oxygen atoms in total. The van der Waals surface area contributed by atoms with E-state index in [0.717, 1.165) is 6.42 Å². The summed E-state index contributed by atoms with van der Waals surface area (Å²) in [6.45, 7) is 6.12. The highest BCUT2D eigenvalue weighted by Gasteiger charge is 2.26. The van der Waals surface area contributed by atoms with Crippen molar-refractivity contribution in [1.29, 1.82) is 0 Å². The normalized spacial score (nSPS) is 10.3. The van der Waals surface area contributed by atoms with Gasteiger partial charge in [-0.2, -0.15) is 0 Å². The van der Waals surface area contributed by atoms with Crippen molar-refractivity contribution >= 4 is 5.97 Å². The number of hydrogen-bond acceptors (Lipinski definition) is 4. The molecule has 0 saturated heterocycles. The summed E-state index contributed by atoms with van der Waals surface area (Å²) >= 11 is 0. The van der Waals surface area contributed by atoms with Crippen LogP contribution in [-0.2, 0) is 4.79 Å². The number of aliphatic hydroxyl groups excluding tert-OH is 3. The van der Waals surface area contributed by atoms with Gasteiger partial charge in [0.15, 0.2) is 0 Å². The first kappa shape index (κ1) is 17.5. The summed E-state index contributed by atoms with van der Waals surface area (Å²) in [5.41, 5.74) is -0.482. The van der Waals surface area contributed by atoms with Crippen LogP contribution in [0.3, 0.4) is 0 Å². The third-order valence-corrected chi connectivity index (χ3v) is 2.15. The molecule has 0 atom stereocenters. The molecule has 0 aromatic heterocycles. The van der Waals surface area contributed by atoms with E-state index in [4.69, 9.17) is 20.4 Å². The maximum atomic E-state index is 9.60. The first-order chi connectivity index (χ1) is 7.39. The van der Waals surface area contributed by atoms with Crippen LogP contribution in [0.4, 0.5) is 0 Å². The Labute approximate surface area is 96.0 Å². The quantitative estimate of drug-likeness (QED) is 0.499. The fourth-order valence-corrected chi connectivity index (χ4v) is 0.918. The van der Waals surface area contributed by atoms with Gasteiger partial charge in [-0.3, -0.25) is 0 Å². The summed E-state index contributed by atoms with van der Waals surface area (Å²) in [6, 6.07) is 0. The van der Waals surface area contributed by atoms with Gasteiger partial charge in [-0.25, -0.2) is 4.79 Å². The number of carboxylic acids is 1. The van der Waals surface area contributed by atoms with Gasteiger partial charge in [-0.15, -0.1) is 0 Å². The second kappa shape index (κ2) is 9.33. The molecule has 0 aromatic carbocycles. The Balaban J connectivity index is 0. The highest BCUT2D eigenvalue weighted by Crippen LogP contribution is 2.21. The number of hydrogen-bond donors (Lipinski definition) is 4. The molecule has 0 radical (unpaired) electrons. The molecule has 0 amide bonds. The number of aliphatic carboxylic acids is 1. The Kier molecular flexibility index (Phi) is 10.2. The van der Waals surface area contributed by atoms with Crippen molar-refractivity contribution in [3.05, 3.63) is 12.2 Å². The Morgan fingerprint density at radius 3 is 1.56 bits per heavy atom. The highest BCUT2D eigenvalue weighted by atomic mass is 16.4. The first-order valence-electron chi connectivity index (χ1n) is 5.10. The van der Waals surface area contributed by atoms with E-state index in [0.29, 0.717) is 6.42 Å². The maximum absolute atomic E-state index is 9.60. The molecule has 0 fully saturated rings. The maximum Gasteiger partial charge on any atom is 0.330 e. The predicted octanol–water partition coefficient (Wildman–Crippen LogP) is 0.397. The van der Waals surface area contributed by atoms with Crippen molar-refractivity contribution in [2.45, 2.75) is 26.7 Å². The molecule has 0 aliphatic rings.